The topological polar surface area (TPSA) is 91.1 Å². The Morgan fingerprint density at radius 3 is 2.52 bits per heavy atom. The van der Waals surface area contributed by atoms with Crippen LogP contribution in [-0.2, 0) is 25.4 Å². The number of nitrogens with two attached hydrogens (primary N) is 1. The molecule has 0 aromatic heterocycles. The maximum absolute atomic E-state index is 12.8. The quantitative estimate of drug-likeness (QED) is 0.768. The summed E-state index contributed by atoms with van der Waals surface area (Å²) in [5.74, 6) is -0.721. The van der Waals surface area contributed by atoms with Gasteiger partial charge in [-0.05, 0) is 46.1 Å². The summed E-state index contributed by atoms with van der Waals surface area (Å²) in [5, 5.41) is 0. The first kappa shape index (κ1) is 20.8. The van der Waals surface area contributed by atoms with Crippen LogP contribution in [0.4, 0.5) is 4.79 Å². The summed E-state index contributed by atoms with van der Waals surface area (Å²) in [5.41, 5.74) is 4.92. The van der Waals surface area contributed by atoms with Crippen molar-refractivity contribution in [3.63, 3.8) is 0 Å². The SMILES string of the molecule is CCOC(=O)C1(C(N)CCc2ccccc2)OC=CN1C(=O)OC(C)(C)C. The molecule has 1 aromatic carbocycles. The Morgan fingerprint density at radius 2 is 1.93 bits per heavy atom. The van der Waals surface area contributed by atoms with E-state index in [2.05, 4.69) is 0 Å². The molecule has 27 heavy (non-hydrogen) atoms. The van der Waals surface area contributed by atoms with Gasteiger partial charge in [-0.3, -0.25) is 0 Å². The highest BCUT2D eigenvalue weighted by Crippen LogP contribution is 2.32. The third-order valence-electron chi connectivity index (χ3n) is 4.06. The van der Waals surface area contributed by atoms with E-state index in [1.54, 1.807) is 27.7 Å². The summed E-state index contributed by atoms with van der Waals surface area (Å²) in [6, 6.07) is 8.93. The Labute approximate surface area is 160 Å². The number of aryl methyl sites for hydroxylation is 1. The number of nitrogens with zero attached hydrogens (tertiary/aromatic N) is 1. The zero-order valence-corrected chi connectivity index (χ0v) is 16.3. The highest BCUT2D eigenvalue weighted by molar-refractivity contribution is 5.86. The molecule has 0 spiro atoms. The molecule has 1 aliphatic heterocycles. The van der Waals surface area contributed by atoms with Gasteiger partial charge in [-0.2, -0.15) is 0 Å². The van der Waals surface area contributed by atoms with Crippen LogP contribution in [0.3, 0.4) is 0 Å². The van der Waals surface area contributed by atoms with E-state index in [0.29, 0.717) is 12.8 Å². The van der Waals surface area contributed by atoms with Gasteiger partial charge in [0.1, 0.15) is 11.9 Å². The molecule has 0 saturated heterocycles. The molecule has 1 amide bonds. The number of carbonyl (C=O) groups is 2. The molecule has 0 radical (unpaired) electrons. The van der Waals surface area contributed by atoms with E-state index in [9.17, 15) is 9.59 Å². The maximum Gasteiger partial charge on any atom is 0.418 e. The smallest absolute Gasteiger partial charge is 0.418 e. The van der Waals surface area contributed by atoms with Gasteiger partial charge in [0, 0.05) is 6.20 Å². The predicted molar refractivity (Wildman–Crippen MR) is 100 cm³/mol. The molecule has 2 atom stereocenters. The second-order valence-electron chi connectivity index (χ2n) is 7.30. The fraction of sp³-hybridized carbons (Fsp3) is 0.500. The van der Waals surface area contributed by atoms with Crippen molar-refractivity contribution in [1.29, 1.82) is 0 Å². The average Bonchev–Trinajstić information content (AvgIpc) is 3.05. The van der Waals surface area contributed by atoms with Crippen molar-refractivity contribution in [2.24, 2.45) is 5.73 Å². The van der Waals surface area contributed by atoms with Crippen molar-refractivity contribution >= 4 is 12.1 Å². The van der Waals surface area contributed by atoms with Gasteiger partial charge in [-0.1, -0.05) is 30.3 Å². The summed E-state index contributed by atoms with van der Waals surface area (Å²) in [6.07, 6.45) is 2.93. The number of hydrogen-bond acceptors (Lipinski definition) is 6. The minimum Gasteiger partial charge on any atom is -0.462 e. The largest absolute Gasteiger partial charge is 0.462 e. The van der Waals surface area contributed by atoms with Gasteiger partial charge in [0.2, 0.25) is 0 Å². The minimum atomic E-state index is -1.78. The Balaban J connectivity index is 2.25. The lowest BCUT2D eigenvalue weighted by Crippen LogP contribution is -2.65. The molecule has 7 nitrogen and oxygen atoms in total. The van der Waals surface area contributed by atoms with Crippen molar-refractivity contribution in [2.45, 2.75) is 57.9 Å². The average molecular weight is 376 g/mol. The number of amides is 1. The van der Waals surface area contributed by atoms with Crippen LogP contribution in [0.15, 0.2) is 42.8 Å². The minimum absolute atomic E-state index is 0.136. The second-order valence-corrected chi connectivity index (χ2v) is 7.30. The summed E-state index contributed by atoms with van der Waals surface area (Å²) in [7, 11) is 0. The van der Waals surface area contributed by atoms with Gasteiger partial charge in [0.05, 0.1) is 12.6 Å². The number of ether oxygens (including phenoxy) is 3. The van der Waals surface area contributed by atoms with Crippen molar-refractivity contribution < 1.29 is 23.8 Å². The molecule has 0 fully saturated rings. The van der Waals surface area contributed by atoms with Crippen molar-refractivity contribution in [2.75, 3.05) is 6.61 Å². The van der Waals surface area contributed by atoms with Crippen LogP contribution in [0, 0.1) is 0 Å². The Bertz CT molecular complexity index is 683. The maximum atomic E-state index is 12.8. The lowest BCUT2D eigenvalue weighted by molar-refractivity contribution is -0.181. The molecule has 1 aromatic rings. The molecule has 148 valence electrons. The van der Waals surface area contributed by atoms with Gasteiger partial charge < -0.3 is 19.9 Å². The van der Waals surface area contributed by atoms with E-state index < -0.39 is 29.4 Å². The highest BCUT2D eigenvalue weighted by atomic mass is 16.6. The van der Waals surface area contributed by atoms with Crippen LogP contribution < -0.4 is 5.73 Å². The molecular formula is C20H28N2O5. The number of benzene rings is 1. The lowest BCUT2D eigenvalue weighted by Gasteiger charge is -2.38. The molecule has 2 N–H and O–H groups in total. The third-order valence-corrected chi connectivity index (χ3v) is 4.06. The first-order valence-electron chi connectivity index (χ1n) is 9.04. The van der Waals surface area contributed by atoms with E-state index in [4.69, 9.17) is 19.9 Å². The van der Waals surface area contributed by atoms with E-state index in [0.717, 1.165) is 10.5 Å². The summed E-state index contributed by atoms with van der Waals surface area (Å²) >= 11 is 0. The molecule has 7 heteroatoms. The number of carbonyl (C=O) groups excluding carboxylic acids is 2. The van der Waals surface area contributed by atoms with Gasteiger partial charge in [-0.25, -0.2) is 14.5 Å². The van der Waals surface area contributed by atoms with Crippen LogP contribution in [-0.4, -0.2) is 40.9 Å². The van der Waals surface area contributed by atoms with Crippen LogP contribution in [0.1, 0.15) is 39.7 Å². The van der Waals surface area contributed by atoms with Crippen LogP contribution in [0.5, 0.6) is 0 Å². The normalized spacial score (nSPS) is 20.1. The van der Waals surface area contributed by atoms with Gasteiger partial charge >= 0.3 is 17.8 Å². The summed E-state index contributed by atoms with van der Waals surface area (Å²) in [6.45, 7) is 7.05. The number of rotatable bonds is 6. The Hall–Kier alpha value is -2.54. The fourth-order valence-corrected chi connectivity index (χ4v) is 2.83. The zero-order chi connectivity index (χ0) is 20.1. The first-order valence-corrected chi connectivity index (χ1v) is 9.04. The third kappa shape index (κ3) is 4.80. The Kier molecular flexibility index (Phi) is 6.49. The van der Waals surface area contributed by atoms with Crippen molar-refractivity contribution in [1.82, 2.24) is 4.90 Å². The molecule has 2 unspecified atom stereocenters. The van der Waals surface area contributed by atoms with Crippen LogP contribution >= 0.6 is 0 Å². The second kappa shape index (κ2) is 8.43. The summed E-state index contributed by atoms with van der Waals surface area (Å²) in [4.78, 5) is 26.5. The molecule has 0 aliphatic carbocycles. The van der Waals surface area contributed by atoms with Crippen molar-refractivity contribution in [3.05, 3.63) is 48.4 Å². The molecule has 1 heterocycles. The van der Waals surface area contributed by atoms with E-state index in [1.807, 2.05) is 30.3 Å². The van der Waals surface area contributed by atoms with E-state index in [1.165, 1.54) is 12.5 Å². The van der Waals surface area contributed by atoms with Gasteiger partial charge in [-0.15, -0.1) is 0 Å². The standard InChI is InChI=1S/C20H28N2O5/c1-5-25-17(23)20(16(21)12-11-15-9-7-6-8-10-15)22(13-14-26-20)18(24)27-19(2,3)4/h6-10,13-14,16H,5,11-12,21H2,1-4H3. The Morgan fingerprint density at radius 1 is 1.26 bits per heavy atom. The van der Waals surface area contributed by atoms with E-state index in [-0.39, 0.29) is 6.61 Å². The number of hydrogen-bond donors (Lipinski definition) is 1. The summed E-state index contributed by atoms with van der Waals surface area (Å²) < 4.78 is 16.2. The van der Waals surface area contributed by atoms with Crippen molar-refractivity contribution in [3.8, 4) is 0 Å². The lowest BCUT2D eigenvalue weighted by atomic mass is 9.96. The molecule has 0 saturated carbocycles. The number of esters is 1. The molecular weight excluding hydrogens is 348 g/mol. The van der Waals surface area contributed by atoms with E-state index >= 15 is 0 Å². The fourth-order valence-electron chi connectivity index (χ4n) is 2.83. The molecule has 2 rings (SSSR count). The molecule has 1 aliphatic rings. The zero-order valence-electron chi connectivity index (χ0n) is 16.3. The predicted octanol–water partition coefficient (Wildman–Crippen LogP) is 2.94. The van der Waals surface area contributed by atoms with Gasteiger partial charge in [0.15, 0.2) is 0 Å². The monoisotopic (exact) mass is 376 g/mol. The van der Waals surface area contributed by atoms with Crippen LogP contribution in [0.25, 0.3) is 0 Å². The molecule has 0 bridgehead atoms. The van der Waals surface area contributed by atoms with Crippen LogP contribution in [0.2, 0.25) is 0 Å². The van der Waals surface area contributed by atoms with Gasteiger partial charge in [0.25, 0.3) is 0 Å². The highest BCUT2D eigenvalue weighted by Gasteiger charge is 2.57. The first-order chi connectivity index (χ1) is 12.7.